The van der Waals surface area contributed by atoms with Gasteiger partial charge in [-0.05, 0) is 17.7 Å². The van der Waals surface area contributed by atoms with Gasteiger partial charge in [-0.2, -0.15) is 4.98 Å². The molecule has 146 valence electrons. The van der Waals surface area contributed by atoms with Gasteiger partial charge in [-0.3, -0.25) is 4.79 Å². The molecule has 0 saturated carbocycles. The molecule has 2 aliphatic rings. The fraction of sp³-hybridized carbons (Fsp3) is 0.350. The summed E-state index contributed by atoms with van der Waals surface area (Å²) < 4.78 is 15.8. The summed E-state index contributed by atoms with van der Waals surface area (Å²) in [7, 11) is 4.72. The van der Waals surface area contributed by atoms with E-state index in [2.05, 4.69) is 9.97 Å². The third-order valence-corrected chi connectivity index (χ3v) is 5.09. The molecule has 8 heteroatoms. The van der Waals surface area contributed by atoms with Crippen molar-refractivity contribution in [2.24, 2.45) is 5.92 Å². The number of aromatic nitrogens is 2. The van der Waals surface area contributed by atoms with Crippen molar-refractivity contribution in [1.29, 1.82) is 0 Å². The standard InChI is InChI=1S/C20H22N4O4/c1-26-15-4-5-16(17(8-15)27-2)19(25)23-9-13-11-24(12-14(13)10-23)20-21-7-6-18(22-20)28-3/h4-8,11,14H,9-10,12H2,1-3H3. The zero-order chi connectivity index (χ0) is 19.7. The largest absolute Gasteiger partial charge is 0.497 e. The van der Waals surface area contributed by atoms with E-state index in [1.54, 1.807) is 51.8 Å². The number of hydrogen-bond donors (Lipinski definition) is 0. The molecule has 1 unspecified atom stereocenters. The molecule has 8 nitrogen and oxygen atoms in total. The van der Waals surface area contributed by atoms with Crippen LogP contribution in [0.15, 0.2) is 42.2 Å². The predicted octanol–water partition coefficient (Wildman–Crippen LogP) is 1.98. The maximum Gasteiger partial charge on any atom is 0.257 e. The quantitative estimate of drug-likeness (QED) is 0.782. The van der Waals surface area contributed by atoms with Crippen molar-refractivity contribution in [2.45, 2.75) is 0 Å². The van der Waals surface area contributed by atoms with Crippen molar-refractivity contribution >= 4 is 11.9 Å². The number of hydrogen-bond acceptors (Lipinski definition) is 7. The Morgan fingerprint density at radius 3 is 2.68 bits per heavy atom. The van der Waals surface area contributed by atoms with Crippen LogP contribution >= 0.6 is 0 Å². The average Bonchev–Trinajstić information content (AvgIpc) is 3.32. The molecule has 4 rings (SSSR count). The lowest BCUT2D eigenvalue weighted by atomic mass is 10.1. The molecule has 28 heavy (non-hydrogen) atoms. The number of rotatable bonds is 5. The summed E-state index contributed by atoms with van der Waals surface area (Å²) in [5, 5.41) is 0. The number of ether oxygens (including phenoxy) is 3. The minimum atomic E-state index is -0.0426. The average molecular weight is 382 g/mol. The Labute approximate surface area is 163 Å². The number of methoxy groups -OCH3 is 3. The van der Waals surface area contributed by atoms with E-state index in [0.717, 1.165) is 6.54 Å². The molecular formula is C20H22N4O4. The van der Waals surface area contributed by atoms with Crippen molar-refractivity contribution in [2.75, 3.05) is 45.9 Å². The first-order chi connectivity index (χ1) is 13.6. The summed E-state index contributed by atoms with van der Waals surface area (Å²) in [6.07, 6.45) is 3.72. The molecule has 2 aromatic rings. The van der Waals surface area contributed by atoms with Crippen molar-refractivity contribution in [1.82, 2.24) is 14.9 Å². The molecule has 3 heterocycles. The molecule has 1 aromatic heterocycles. The normalized spacial score (nSPS) is 18.0. The van der Waals surface area contributed by atoms with Crippen molar-refractivity contribution in [3.63, 3.8) is 0 Å². The van der Waals surface area contributed by atoms with Crippen LogP contribution in [-0.4, -0.2) is 61.7 Å². The van der Waals surface area contributed by atoms with Crippen molar-refractivity contribution in [3.05, 3.63) is 47.8 Å². The van der Waals surface area contributed by atoms with Gasteiger partial charge in [0.1, 0.15) is 11.5 Å². The topological polar surface area (TPSA) is 77.0 Å². The number of fused-ring (bicyclic) bond motifs is 1. The molecule has 2 aliphatic heterocycles. The van der Waals surface area contributed by atoms with Gasteiger partial charge in [-0.25, -0.2) is 4.98 Å². The lowest BCUT2D eigenvalue weighted by Crippen LogP contribution is -2.31. The number of anilines is 1. The van der Waals surface area contributed by atoms with E-state index in [4.69, 9.17) is 14.2 Å². The Morgan fingerprint density at radius 2 is 1.96 bits per heavy atom. The van der Waals surface area contributed by atoms with Crippen LogP contribution in [0.3, 0.4) is 0 Å². The number of carbonyl (C=O) groups excluding carboxylic acids is 1. The molecule has 0 bridgehead atoms. The van der Waals surface area contributed by atoms with Gasteiger partial charge in [0.2, 0.25) is 11.8 Å². The molecule has 0 spiro atoms. The summed E-state index contributed by atoms with van der Waals surface area (Å²) in [4.78, 5) is 25.6. The minimum Gasteiger partial charge on any atom is -0.497 e. The minimum absolute atomic E-state index is 0.0426. The van der Waals surface area contributed by atoms with Gasteiger partial charge in [0.15, 0.2) is 0 Å². The summed E-state index contributed by atoms with van der Waals surface area (Å²) >= 11 is 0. The van der Waals surface area contributed by atoms with E-state index < -0.39 is 0 Å². The van der Waals surface area contributed by atoms with Gasteiger partial charge < -0.3 is 24.0 Å². The molecule has 1 amide bonds. The van der Waals surface area contributed by atoms with Crippen LogP contribution in [0.1, 0.15) is 10.4 Å². The Balaban J connectivity index is 1.50. The van der Waals surface area contributed by atoms with E-state index in [1.165, 1.54) is 5.57 Å². The second-order valence-electron chi connectivity index (χ2n) is 6.70. The Hall–Kier alpha value is -3.29. The second kappa shape index (κ2) is 7.38. The lowest BCUT2D eigenvalue weighted by Gasteiger charge is -2.21. The number of likely N-dealkylation sites (tertiary alicyclic amines) is 1. The van der Waals surface area contributed by atoms with Gasteiger partial charge >= 0.3 is 0 Å². The fourth-order valence-corrected chi connectivity index (χ4v) is 3.63. The lowest BCUT2D eigenvalue weighted by molar-refractivity contribution is 0.0785. The molecule has 1 fully saturated rings. The summed E-state index contributed by atoms with van der Waals surface area (Å²) in [5.41, 5.74) is 1.74. The highest BCUT2D eigenvalue weighted by atomic mass is 16.5. The predicted molar refractivity (Wildman–Crippen MR) is 103 cm³/mol. The smallest absolute Gasteiger partial charge is 0.257 e. The van der Waals surface area contributed by atoms with Crippen LogP contribution in [0, 0.1) is 5.92 Å². The summed E-state index contributed by atoms with van der Waals surface area (Å²) in [6.45, 7) is 1.98. The third kappa shape index (κ3) is 3.21. The molecular weight excluding hydrogens is 360 g/mol. The first kappa shape index (κ1) is 18.1. The Morgan fingerprint density at radius 1 is 1.11 bits per heavy atom. The van der Waals surface area contributed by atoms with E-state index >= 15 is 0 Å². The van der Waals surface area contributed by atoms with Gasteiger partial charge in [0.05, 0.1) is 26.9 Å². The fourth-order valence-electron chi connectivity index (χ4n) is 3.63. The van der Waals surface area contributed by atoms with Gasteiger partial charge in [-0.1, -0.05) is 0 Å². The molecule has 1 atom stereocenters. The number of benzene rings is 1. The molecule has 0 radical (unpaired) electrons. The van der Waals surface area contributed by atoms with Crippen LogP contribution < -0.4 is 19.1 Å². The number of amides is 1. The SMILES string of the molecule is COc1ccc(C(=O)N2CC3=CN(c4nccc(OC)n4)CC3C2)c(OC)c1. The molecule has 0 N–H and O–H groups in total. The highest BCUT2D eigenvalue weighted by Crippen LogP contribution is 2.34. The van der Waals surface area contributed by atoms with Crippen LogP contribution in [0.5, 0.6) is 17.4 Å². The first-order valence-electron chi connectivity index (χ1n) is 8.98. The third-order valence-electron chi connectivity index (χ3n) is 5.09. The number of nitrogens with zero attached hydrogens (tertiary/aromatic N) is 4. The van der Waals surface area contributed by atoms with E-state index in [-0.39, 0.29) is 11.8 Å². The second-order valence-corrected chi connectivity index (χ2v) is 6.70. The maximum atomic E-state index is 13.0. The van der Waals surface area contributed by atoms with Crippen LogP contribution in [0.2, 0.25) is 0 Å². The summed E-state index contributed by atoms with van der Waals surface area (Å²) in [5.74, 6) is 2.53. The van der Waals surface area contributed by atoms with Crippen molar-refractivity contribution < 1.29 is 19.0 Å². The monoisotopic (exact) mass is 382 g/mol. The van der Waals surface area contributed by atoms with Crippen LogP contribution in [0.25, 0.3) is 0 Å². The van der Waals surface area contributed by atoms with Gasteiger partial charge in [0.25, 0.3) is 5.91 Å². The molecule has 1 saturated heterocycles. The van der Waals surface area contributed by atoms with E-state index in [9.17, 15) is 4.79 Å². The zero-order valence-electron chi connectivity index (χ0n) is 16.1. The van der Waals surface area contributed by atoms with E-state index in [1.807, 2.05) is 16.0 Å². The Kier molecular flexibility index (Phi) is 4.77. The maximum absolute atomic E-state index is 13.0. The summed E-state index contributed by atoms with van der Waals surface area (Å²) in [6, 6.07) is 6.97. The highest BCUT2D eigenvalue weighted by molar-refractivity contribution is 5.97. The van der Waals surface area contributed by atoms with Gasteiger partial charge in [-0.15, -0.1) is 0 Å². The molecule has 1 aromatic carbocycles. The van der Waals surface area contributed by atoms with Crippen LogP contribution in [0.4, 0.5) is 5.95 Å². The van der Waals surface area contributed by atoms with E-state index in [0.29, 0.717) is 42.0 Å². The zero-order valence-corrected chi connectivity index (χ0v) is 16.1. The number of carbonyl (C=O) groups is 1. The Bertz CT molecular complexity index is 930. The van der Waals surface area contributed by atoms with Crippen molar-refractivity contribution in [3.8, 4) is 17.4 Å². The van der Waals surface area contributed by atoms with Crippen LogP contribution in [-0.2, 0) is 0 Å². The highest BCUT2D eigenvalue weighted by Gasteiger charge is 2.37. The molecule has 0 aliphatic carbocycles. The first-order valence-corrected chi connectivity index (χ1v) is 8.98. The van der Waals surface area contributed by atoms with Gasteiger partial charge in [0, 0.05) is 50.1 Å².